The lowest BCUT2D eigenvalue weighted by Crippen LogP contribution is -2.23. The highest BCUT2D eigenvalue weighted by Crippen LogP contribution is 2.28. The molecular weight excluding hydrogens is 348 g/mol. The van der Waals surface area contributed by atoms with Gasteiger partial charge < -0.3 is 14.3 Å². The first-order valence-corrected chi connectivity index (χ1v) is 9.52. The fourth-order valence-corrected chi connectivity index (χ4v) is 3.96. The number of aryl methyl sites for hydroxylation is 2. The number of carbonyl (C=O) groups excluding carboxylic acids is 1. The normalized spacial score (nSPS) is 14.2. The van der Waals surface area contributed by atoms with Crippen molar-refractivity contribution < 1.29 is 9.21 Å². The molecule has 0 radical (unpaired) electrons. The van der Waals surface area contributed by atoms with Crippen LogP contribution >= 0.6 is 11.8 Å². The molecule has 0 fully saturated rings. The average Bonchev–Trinajstić information content (AvgIpc) is 3.36. The smallest absolute Gasteiger partial charge is 0.237 e. The Hall–Kier alpha value is -2.54. The van der Waals surface area contributed by atoms with Crippen molar-refractivity contribution in [1.29, 1.82) is 0 Å². The van der Waals surface area contributed by atoms with Crippen LogP contribution in [0.5, 0.6) is 0 Å². The van der Waals surface area contributed by atoms with Crippen LogP contribution in [0.2, 0.25) is 0 Å². The lowest BCUT2D eigenvalue weighted by atomic mass is 10.1. The fourth-order valence-electron chi connectivity index (χ4n) is 3.14. The predicted octanol–water partition coefficient (Wildman–Crippen LogP) is 3.68. The van der Waals surface area contributed by atoms with Crippen LogP contribution in [0, 0.1) is 0 Å². The Morgan fingerprint density at radius 2 is 2.12 bits per heavy atom. The molecule has 1 atom stereocenters. The molecule has 0 spiro atoms. The highest BCUT2D eigenvalue weighted by atomic mass is 32.2. The lowest BCUT2D eigenvalue weighted by molar-refractivity contribution is -0.115. The molecule has 1 aromatic carbocycles. The van der Waals surface area contributed by atoms with E-state index >= 15 is 0 Å². The number of thioether (sulfide) groups is 1. The number of anilines is 1. The molecule has 0 saturated heterocycles. The van der Waals surface area contributed by atoms with E-state index in [-0.39, 0.29) is 11.2 Å². The van der Waals surface area contributed by atoms with Gasteiger partial charge in [-0.3, -0.25) is 4.79 Å². The summed E-state index contributed by atoms with van der Waals surface area (Å²) in [5.41, 5.74) is 3.60. The zero-order chi connectivity index (χ0) is 18.1. The van der Waals surface area contributed by atoms with Crippen LogP contribution in [0.3, 0.4) is 0 Å². The zero-order valence-electron chi connectivity index (χ0n) is 14.7. The van der Waals surface area contributed by atoms with E-state index in [2.05, 4.69) is 27.6 Å². The monoisotopic (exact) mass is 368 g/mol. The second kappa shape index (κ2) is 6.99. The van der Waals surface area contributed by atoms with E-state index in [1.807, 2.05) is 36.7 Å². The number of nitrogens with zero attached hydrogens (tertiary/aromatic N) is 3. The molecular formula is C19H20N4O2S. The molecule has 6 nitrogen and oxygen atoms in total. The highest BCUT2D eigenvalue weighted by molar-refractivity contribution is 8.00. The number of hydrogen-bond donors (Lipinski definition) is 1. The molecule has 7 heteroatoms. The maximum Gasteiger partial charge on any atom is 0.237 e. The molecule has 2 aromatic heterocycles. The second-order valence-electron chi connectivity index (χ2n) is 6.43. The van der Waals surface area contributed by atoms with Gasteiger partial charge in [-0.25, -0.2) is 0 Å². The van der Waals surface area contributed by atoms with Crippen molar-refractivity contribution in [2.45, 2.75) is 36.6 Å². The summed E-state index contributed by atoms with van der Waals surface area (Å²) in [6, 6.07) is 9.84. The van der Waals surface area contributed by atoms with Crippen molar-refractivity contribution in [3.63, 3.8) is 0 Å². The number of benzene rings is 1. The van der Waals surface area contributed by atoms with Gasteiger partial charge in [-0.05, 0) is 61.6 Å². The summed E-state index contributed by atoms with van der Waals surface area (Å²) in [4.78, 5) is 12.6. The molecule has 1 N–H and O–H groups in total. The van der Waals surface area contributed by atoms with E-state index in [0.29, 0.717) is 16.7 Å². The largest absolute Gasteiger partial charge is 0.461 e. The maximum atomic E-state index is 12.6. The predicted molar refractivity (Wildman–Crippen MR) is 101 cm³/mol. The second-order valence-corrected chi connectivity index (χ2v) is 7.74. The van der Waals surface area contributed by atoms with Gasteiger partial charge in [0.25, 0.3) is 0 Å². The number of hydrogen-bond acceptors (Lipinski definition) is 5. The van der Waals surface area contributed by atoms with Crippen LogP contribution in [0.1, 0.15) is 24.5 Å². The Balaban J connectivity index is 1.43. The van der Waals surface area contributed by atoms with E-state index in [4.69, 9.17) is 4.42 Å². The van der Waals surface area contributed by atoms with Crippen LogP contribution in [0.15, 0.2) is 46.2 Å². The molecule has 0 saturated carbocycles. The third-order valence-electron chi connectivity index (χ3n) is 4.59. The van der Waals surface area contributed by atoms with E-state index in [9.17, 15) is 4.79 Å². The first-order chi connectivity index (χ1) is 12.6. The number of nitrogens with one attached hydrogen (secondary N) is 1. The van der Waals surface area contributed by atoms with Gasteiger partial charge in [0.1, 0.15) is 0 Å². The Labute approximate surface area is 156 Å². The molecule has 1 aliphatic rings. The van der Waals surface area contributed by atoms with Crippen LogP contribution in [-0.4, -0.2) is 25.9 Å². The number of carbonyl (C=O) groups is 1. The van der Waals surface area contributed by atoms with Crippen LogP contribution in [0.4, 0.5) is 5.69 Å². The summed E-state index contributed by atoms with van der Waals surface area (Å²) in [5, 5.41) is 11.7. The number of aromatic nitrogens is 3. The van der Waals surface area contributed by atoms with Crippen molar-refractivity contribution in [2.75, 3.05) is 5.32 Å². The van der Waals surface area contributed by atoms with Gasteiger partial charge in [0.05, 0.1) is 11.5 Å². The minimum absolute atomic E-state index is 0.0458. The summed E-state index contributed by atoms with van der Waals surface area (Å²) < 4.78 is 7.21. The first kappa shape index (κ1) is 16.9. The standard InChI is InChI=1S/C19H20N4O2S/c1-12(18(24)20-15-9-8-13-5-3-6-14(13)11-15)26-19-22-21-17(23(19)2)16-7-4-10-25-16/h4,7-12H,3,5-6H2,1-2H3,(H,20,24)/t12-/m0/s1. The molecule has 134 valence electrons. The highest BCUT2D eigenvalue weighted by Gasteiger charge is 2.21. The zero-order valence-corrected chi connectivity index (χ0v) is 15.5. The molecule has 26 heavy (non-hydrogen) atoms. The van der Waals surface area contributed by atoms with Gasteiger partial charge in [0.2, 0.25) is 5.91 Å². The first-order valence-electron chi connectivity index (χ1n) is 8.64. The average molecular weight is 368 g/mol. The van der Waals surface area contributed by atoms with Gasteiger partial charge in [-0.1, -0.05) is 17.8 Å². The van der Waals surface area contributed by atoms with Crippen molar-refractivity contribution in [2.24, 2.45) is 7.05 Å². The summed E-state index contributed by atoms with van der Waals surface area (Å²) in [6.45, 7) is 1.87. The fraction of sp³-hybridized carbons (Fsp3) is 0.316. The van der Waals surface area contributed by atoms with Crippen LogP contribution < -0.4 is 5.32 Å². The number of furan rings is 1. The molecule has 0 unspecified atom stereocenters. The Morgan fingerprint density at radius 1 is 1.27 bits per heavy atom. The van der Waals surface area contributed by atoms with Gasteiger partial charge in [-0.2, -0.15) is 0 Å². The summed E-state index contributed by atoms with van der Waals surface area (Å²) in [5.74, 6) is 1.25. The van der Waals surface area contributed by atoms with Crippen molar-refractivity contribution >= 4 is 23.4 Å². The third-order valence-corrected chi connectivity index (χ3v) is 5.73. The van der Waals surface area contributed by atoms with Gasteiger partial charge in [0.15, 0.2) is 16.7 Å². The number of amides is 1. The molecule has 0 aliphatic heterocycles. The van der Waals surface area contributed by atoms with E-state index in [0.717, 1.165) is 18.5 Å². The molecule has 1 amide bonds. The quantitative estimate of drug-likeness (QED) is 0.696. The number of rotatable bonds is 5. The third kappa shape index (κ3) is 3.26. The van der Waals surface area contributed by atoms with Crippen molar-refractivity contribution in [3.05, 3.63) is 47.7 Å². The van der Waals surface area contributed by atoms with E-state index < -0.39 is 0 Å². The molecule has 3 aromatic rings. The molecule has 0 bridgehead atoms. The SMILES string of the molecule is C[C@H](Sc1nnc(-c2ccco2)n1C)C(=O)Nc1ccc2c(c1)CCC2. The lowest BCUT2D eigenvalue weighted by Gasteiger charge is -2.12. The minimum atomic E-state index is -0.296. The molecule has 1 aliphatic carbocycles. The van der Waals surface area contributed by atoms with Gasteiger partial charge >= 0.3 is 0 Å². The summed E-state index contributed by atoms with van der Waals surface area (Å²) in [7, 11) is 1.87. The topological polar surface area (TPSA) is 73.0 Å². The molecule has 4 rings (SSSR count). The van der Waals surface area contributed by atoms with Gasteiger partial charge in [-0.15, -0.1) is 10.2 Å². The van der Waals surface area contributed by atoms with Crippen molar-refractivity contribution in [3.8, 4) is 11.6 Å². The summed E-state index contributed by atoms with van der Waals surface area (Å²) in [6.07, 6.45) is 5.03. The Kier molecular flexibility index (Phi) is 4.55. The minimum Gasteiger partial charge on any atom is -0.461 e. The van der Waals surface area contributed by atoms with E-state index in [1.54, 1.807) is 6.26 Å². The maximum absolute atomic E-state index is 12.6. The Morgan fingerprint density at radius 3 is 2.92 bits per heavy atom. The summed E-state index contributed by atoms with van der Waals surface area (Å²) >= 11 is 1.38. The Bertz CT molecular complexity index is 933. The van der Waals surface area contributed by atoms with Crippen LogP contribution in [-0.2, 0) is 24.7 Å². The van der Waals surface area contributed by atoms with Crippen molar-refractivity contribution in [1.82, 2.24) is 14.8 Å². The molecule has 2 heterocycles. The van der Waals surface area contributed by atoms with Gasteiger partial charge in [0, 0.05) is 12.7 Å². The number of fused-ring (bicyclic) bond motifs is 1. The van der Waals surface area contributed by atoms with E-state index in [1.165, 1.54) is 29.3 Å². The van der Waals surface area contributed by atoms with Crippen LogP contribution in [0.25, 0.3) is 11.6 Å².